The van der Waals surface area contributed by atoms with Crippen molar-refractivity contribution < 1.29 is 9.53 Å². The van der Waals surface area contributed by atoms with E-state index in [0.29, 0.717) is 5.13 Å². The van der Waals surface area contributed by atoms with E-state index in [1.54, 1.807) is 13.2 Å². The zero-order valence-corrected chi connectivity index (χ0v) is 17.1. The maximum Gasteiger partial charge on any atom is 0.250 e. The molecule has 0 spiro atoms. The Bertz CT molecular complexity index is 1010. The Hall–Kier alpha value is -2.96. The lowest BCUT2D eigenvalue weighted by atomic mass is 9.99. The van der Waals surface area contributed by atoms with Crippen LogP contribution in [0.3, 0.4) is 0 Å². The number of nitrogens with zero attached hydrogens (tertiary/aromatic N) is 2. The molecule has 1 aliphatic rings. The SMILES string of the molecule is COc1ccc2c(c1)CCN(Cc1csc(NC(=O)/C=C/c3ccccc3)n1)C2. The predicted molar refractivity (Wildman–Crippen MR) is 117 cm³/mol. The van der Waals surface area contributed by atoms with Crippen molar-refractivity contribution in [3.8, 4) is 5.75 Å². The van der Waals surface area contributed by atoms with Crippen LogP contribution in [0.5, 0.6) is 5.75 Å². The first-order chi connectivity index (χ1) is 14.2. The monoisotopic (exact) mass is 405 g/mol. The van der Waals surface area contributed by atoms with Crippen LogP contribution < -0.4 is 10.1 Å². The van der Waals surface area contributed by atoms with E-state index in [2.05, 4.69) is 27.3 Å². The molecule has 0 bridgehead atoms. The molecule has 2 aromatic carbocycles. The number of carbonyl (C=O) groups is 1. The lowest BCUT2D eigenvalue weighted by Crippen LogP contribution is -2.30. The quantitative estimate of drug-likeness (QED) is 0.619. The third-order valence-corrected chi connectivity index (χ3v) is 5.71. The summed E-state index contributed by atoms with van der Waals surface area (Å²) in [6.07, 6.45) is 4.33. The maximum atomic E-state index is 12.1. The van der Waals surface area contributed by atoms with E-state index in [0.717, 1.165) is 43.1 Å². The molecular formula is C23H23N3O2S. The molecular weight excluding hydrogens is 382 g/mol. The minimum Gasteiger partial charge on any atom is -0.497 e. The van der Waals surface area contributed by atoms with Gasteiger partial charge in [0.2, 0.25) is 5.91 Å². The van der Waals surface area contributed by atoms with Crippen molar-refractivity contribution in [1.29, 1.82) is 0 Å². The van der Waals surface area contributed by atoms with Crippen molar-refractivity contribution in [1.82, 2.24) is 9.88 Å². The number of thiazole rings is 1. The standard InChI is InChI=1S/C23H23N3O2S/c1-28-21-9-8-19-14-26(12-11-18(19)13-21)15-20-16-29-23(24-20)25-22(27)10-7-17-5-3-2-4-6-17/h2-10,13,16H,11-12,14-15H2,1H3,(H,24,25,27)/b10-7+. The summed E-state index contributed by atoms with van der Waals surface area (Å²) >= 11 is 1.46. The molecule has 0 atom stereocenters. The number of anilines is 1. The van der Waals surface area contributed by atoms with Gasteiger partial charge in [0.1, 0.15) is 5.75 Å². The van der Waals surface area contributed by atoms with E-state index in [1.165, 1.54) is 28.5 Å². The molecule has 0 saturated heterocycles. The first-order valence-corrected chi connectivity index (χ1v) is 10.4. The van der Waals surface area contributed by atoms with Gasteiger partial charge >= 0.3 is 0 Å². The summed E-state index contributed by atoms with van der Waals surface area (Å²) in [5.74, 6) is 0.744. The largest absolute Gasteiger partial charge is 0.497 e. The molecule has 148 valence electrons. The van der Waals surface area contributed by atoms with E-state index in [4.69, 9.17) is 4.74 Å². The summed E-state index contributed by atoms with van der Waals surface area (Å²) in [6.45, 7) is 2.66. The highest BCUT2D eigenvalue weighted by atomic mass is 32.1. The molecule has 4 rings (SSSR count). The van der Waals surface area contributed by atoms with Gasteiger partial charge < -0.3 is 4.74 Å². The van der Waals surface area contributed by atoms with Gasteiger partial charge in [0, 0.05) is 31.1 Å². The fraction of sp³-hybridized carbons (Fsp3) is 0.217. The number of rotatable bonds is 6. The molecule has 0 aliphatic carbocycles. The number of hydrogen-bond acceptors (Lipinski definition) is 5. The van der Waals surface area contributed by atoms with Gasteiger partial charge in [-0.05, 0) is 41.3 Å². The van der Waals surface area contributed by atoms with E-state index in [1.807, 2.05) is 41.8 Å². The van der Waals surface area contributed by atoms with E-state index < -0.39 is 0 Å². The summed E-state index contributed by atoms with van der Waals surface area (Å²) in [5.41, 5.74) is 4.67. The maximum absolute atomic E-state index is 12.1. The lowest BCUT2D eigenvalue weighted by Gasteiger charge is -2.28. The molecule has 5 nitrogen and oxygen atoms in total. The zero-order chi connectivity index (χ0) is 20.1. The highest BCUT2D eigenvalue weighted by Crippen LogP contribution is 2.25. The number of hydrogen-bond donors (Lipinski definition) is 1. The van der Waals surface area contributed by atoms with Gasteiger partial charge in [-0.1, -0.05) is 36.4 Å². The van der Waals surface area contributed by atoms with Gasteiger partial charge in [-0.15, -0.1) is 11.3 Å². The number of ether oxygens (including phenoxy) is 1. The van der Waals surface area contributed by atoms with Crippen molar-refractivity contribution in [2.24, 2.45) is 0 Å². The topological polar surface area (TPSA) is 54.5 Å². The summed E-state index contributed by atoms with van der Waals surface area (Å²) in [6, 6.07) is 16.0. The molecule has 1 aliphatic heterocycles. The number of carbonyl (C=O) groups excluding carboxylic acids is 1. The molecule has 1 N–H and O–H groups in total. The van der Waals surface area contributed by atoms with Crippen LogP contribution in [0.15, 0.2) is 60.0 Å². The van der Waals surface area contributed by atoms with Gasteiger partial charge in [0.05, 0.1) is 12.8 Å². The Morgan fingerprint density at radius 1 is 1.24 bits per heavy atom. The summed E-state index contributed by atoms with van der Waals surface area (Å²) < 4.78 is 5.32. The highest BCUT2D eigenvalue weighted by molar-refractivity contribution is 7.13. The summed E-state index contributed by atoms with van der Waals surface area (Å²) in [5, 5.41) is 5.49. The molecule has 0 radical (unpaired) electrons. The highest BCUT2D eigenvalue weighted by Gasteiger charge is 2.18. The molecule has 1 aromatic heterocycles. The second kappa shape index (κ2) is 9.03. The molecule has 2 heterocycles. The number of benzene rings is 2. The van der Waals surface area contributed by atoms with Crippen molar-refractivity contribution in [3.63, 3.8) is 0 Å². The Morgan fingerprint density at radius 3 is 2.93 bits per heavy atom. The van der Waals surface area contributed by atoms with Crippen LogP contribution >= 0.6 is 11.3 Å². The molecule has 0 unspecified atom stereocenters. The zero-order valence-electron chi connectivity index (χ0n) is 16.3. The van der Waals surface area contributed by atoms with Crippen LogP contribution in [-0.2, 0) is 24.3 Å². The second-order valence-electron chi connectivity index (χ2n) is 6.97. The van der Waals surface area contributed by atoms with E-state index in [9.17, 15) is 4.79 Å². The smallest absolute Gasteiger partial charge is 0.250 e. The molecule has 29 heavy (non-hydrogen) atoms. The minimum atomic E-state index is -0.171. The third-order valence-electron chi connectivity index (χ3n) is 4.90. The Morgan fingerprint density at radius 2 is 2.10 bits per heavy atom. The van der Waals surface area contributed by atoms with Crippen LogP contribution in [0.1, 0.15) is 22.4 Å². The van der Waals surface area contributed by atoms with Gasteiger partial charge in [-0.2, -0.15) is 0 Å². The van der Waals surface area contributed by atoms with Crippen molar-refractivity contribution in [2.75, 3.05) is 19.0 Å². The molecule has 6 heteroatoms. The first kappa shape index (κ1) is 19.4. The predicted octanol–water partition coefficient (Wildman–Crippen LogP) is 4.36. The molecule has 0 saturated carbocycles. The van der Waals surface area contributed by atoms with Gasteiger partial charge in [0.25, 0.3) is 0 Å². The first-order valence-electron chi connectivity index (χ1n) is 9.56. The second-order valence-corrected chi connectivity index (χ2v) is 7.83. The van der Waals surface area contributed by atoms with Crippen molar-refractivity contribution in [2.45, 2.75) is 19.5 Å². The average Bonchev–Trinajstić information content (AvgIpc) is 3.19. The van der Waals surface area contributed by atoms with E-state index >= 15 is 0 Å². The van der Waals surface area contributed by atoms with Gasteiger partial charge in [0.15, 0.2) is 5.13 Å². The number of amides is 1. The van der Waals surface area contributed by atoms with E-state index in [-0.39, 0.29) is 5.91 Å². The summed E-state index contributed by atoms with van der Waals surface area (Å²) in [7, 11) is 1.70. The van der Waals surface area contributed by atoms with Crippen LogP contribution in [0.2, 0.25) is 0 Å². The molecule has 1 amide bonds. The Balaban J connectivity index is 1.32. The Kier molecular flexibility index (Phi) is 6.03. The van der Waals surface area contributed by atoms with Crippen molar-refractivity contribution >= 4 is 28.5 Å². The van der Waals surface area contributed by atoms with Crippen molar-refractivity contribution in [3.05, 3.63) is 82.4 Å². The summed E-state index contributed by atoms with van der Waals surface area (Å²) in [4.78, 5) is 19.1. The number of nitrogens with one attached hydrogen (secondary N) is 1. The number of methoxy groups -OCH3 is 1. The Labute approximate surface area is 174 Å². The van der Waals surface area contributed by atoms with Crippen LogP contribution in [0, 0.1) is 0 Å². The van der Waals surface area contributed by atoms with Gasteiger partial charge in [-0.25, -0.2) is 4.98 Å². The third kappa shape index (κ3) is 5.10. The normalized spacial score (nSPS) is 14.0. The van der Waals surface area contributed by atoms with Crippen LogP contribution in [0.4, 0.5) is 5.13 Å². The average molecular weight is 406 g/mol. The van der Waals surface area contributed by atoms with Crippen LogP contribution in [0.25, 0.3) is 6.08 Å². The van der Waals surface area contributed by atoms with Crippen LogP contribution in [-0.4, -0.2) is 29.4 Å². The molecule has 3 aromatic rings. The lowest BCUT2D eigenvalue weighted by molar-refractivity contribution is -0.111. The number of fused-ring (bicyclic) bond motifs is 1. The fourth-order valence-electron chi connectivity index (χ4n) is 3.40. The minimum absolute atomic E-state index is 0.171. The fourth-order valence-corrected chi connectivity index (χ4v) is 4.10. The van der Waals surface area contributed by atoms with Gasteiger partial charge in [-0.3, -0.25) is 15.0 Å². The number of aromatic nitrogens is 1. The molecule has 0 fully saturated rings.